The second-order valence-electron chi connectivity index (χ2n) is 4.57. The number of aromatic nitrogens is 4. The van der Waals surface area contributed by atoms with Crippen LogP contribution in [0, 0.1) is 0 Å². The van der Waals surface area contributed by atoms with Crippen LogP contribution in [0.1, 0.15) is 16.3 Å². The summed E-state index contributed by atoms with van der Waals surface area (Å²) in [6.45, 7) is 0.411. The summed E-state index contributed by atoms with van der Waals surface area (Å²) in [4.78, 5) is 19.4. The van der Waals surface area contributed by atoms with E-state index in [-0.39, 0.29) is 5.69 Å². The normalized spacial score (nSPS) is 10.7. The first-order chi connectivity index (χ1) is 10.1. The Kier molecular flexibility index (Phi) is 3.23. The molecule has 0 atom stereocenters. The largest absolute Gasteiger partial charge is 0.477 e. The molecule has 0 amide bonds. The number of hydrogen-bond donors (Lipinski definition) is 2. The summed E-state index contributed by atoms with van der Waals surface area (Å²) >= 11 is 0. The summed E-state index contributed by atoms with van der Waals surface area (Å²) in [7, 11) is 1.79. The molecule has 7 heteroatoms. The first kappa shape index (κ1) is 13.0. The zero-order chi connectivity index (χ0) is 14.8. The van der Waals surface area contributed by atoms with Crippen molar-refractivity contribution in [2.45, 2.75) is 6.54 Å². The number of nitrogens with one attached hydrogen (secondary N) is 1. The minimum atomic E-state index is -1.06. The Hall–Kier alpha value is -2.96. The van der Waals surface area contributed by atoms with Crippen LogP contribution in [-0.2, 0) is 13.6 Å². The molecule has 0 aliphatic carbocycles. The quantitative estimate of drug-likeness (QED) is 0.756. The summed E-state index contributed by atoms with van der Waals surface area (Å²) in [6, 6.07) is 8.90. The molecule has 0 radical (unpaired) electrons. The van der Waals surface area contributed by atoms with Crippen LogP contribution in [0.4, 0.5) is 5.69 Å². The molecule has 0 unspecified atom stereocenters. The molecule has 3 rings (SSSR count). The molecule has 1 aromatic carbocycles. The molecular formula is C14H13N5O2. The van der Waals surface area contributed by atoms with Crippen LogP contribution in [0.25, 0.3) is 10.9 Å². The summed E-state index contributed by atoms with van der Waals surface area (Å²) in [5, 5.41) is 17.3. The molecule has 0 bridgehead atoms. The highest BCUT2D eigenvalue weighted by atomic mass is 16.4. The van der Waals surface area contributed by atoms with Crippen LogP contribution >= 0.6 is 0 Å². The monoisotopic (exact) mass is 283 g/mol. The molecular weight excluding hydrogens is 270 g/mol. The van der Waals surface area contributed by atoms with Gasteiger partial charge in [0.25, 0.3) is 0 Å². The van der Waals surface area contributed by atoms with Crippen molar-refractivity contribution in [3.8, 4) is 0 Å². The van der Waals surface area contributed by atoms with Crippen LogP contribution in [-0.4, -0.2) is 30.8 Å². The molecule has 0 saturated carbocycles. The third-order valence-electron chi connectivity index (χ3n) is 3.02. The lowest BCUT2D eigenvalue weighted by molar-refractivity contribution is 0.0691. The molecule has 0 aliphatic heterocycles. The van der Waals surface area contributed by atoms with Gasteiger partial charge in [-0.15, -0.1) is 0 Å². The minimum absolute atomic E-state index is 0.00480. The van der Waals surface area contributed by atoms with Gasteiger partial charge >= 0.3 is 5.97 Å². The SMILES string of the molecule is Cn1cnc(CNc2cc(C(=O)O)nc3ccccc23)n1. The van der Waals surface area contributed by atoms with Gasteiger partial charge in [-0.3, -0.25) is 4.68 Å². The molecule has 2 N–H and O–H groups in total. The van der Waals surface area contributed by atoms with Crippen molar-refractivity contribution in [3.05, 3.63) is 48.2 Å². The third-order valence-corrected chi connectivity index (χ3v) is 3.02. The fourth-order valence-electron chi connectivity index (χ4n) is 2.07. The topological polar surface area (TPSA) is 92.9 Å². The van der Waals surface area contributed by atoms with Gasteiger partial charge in [0.05, 0.1) is 12.1 Å². The van der Waals surface area contributed by atoms with E-state index in [0.29, 0.717) is 23.6 Å². The van der Waals surface area contributed by atoms with E-state index < -0.39 is 5.97 Å². The van der Waals surface area contributed by atoms with Gasteiger partial charge in [0, 0.05) is 18.1 Å². The number of rotatable bonds is 4. The number of nitrogens with zero attached hydrogens (tertiary/aromatic N) is 4. The Bertz CT molecular complexity index is 812. The van der Waals surface area contributed by atoms with Crippen molar-refractivity contribution in [2.75, 3.05) is 5.32 Å². The summed E-state index contributed by atoms with van der Waals surface area (Å²) in [6.07, 6.45) is 1.62. The van der Waals surface area contributed by atoms with Crippen LogP contribution < -0.4 is 5.32 Å². The molecule has 0 spiro atoms. The van der Waals surface area contributed by atoms with Crippen molar-refractivity contribution in [1.82, 2.24) is 19.7 Å². The number of aryl methyl sites for hydroxylation is 1. The number of carboxylic acid groups (broad SMARTS) is 1. The van der Waals surface area contributed by atoms with Gasteiger partial charge in [-0.2, -0.15) is 5.10 Å². The molecule has 0 fully saturated rings. The van der Waals surface area contributed by atoms with Gasteiger partial charge in [-0.25, -0.2) is 14.8 Å². The van der Waals surface area contributed by atoms with Gasteiger partial charge in [0.15, 0.2) is 11.5 Å². The smallest absolute Gasteiger partial charge is 0.354 e. The van der Waals surface area contributed by atoms with Gasteiger partial charge in [-0.1, -0.05) is 18.2 Å². The zero-order valence-corrected chi connectivity index (χ0v) is 11.3. The van der Waals surface area contributed by atoms with Gasteiger partial charge in [0.2, 0.25) is 0 Å². The fraction of sp³-hybridized carbons (Fsp3) is 0.143. The van der Waals surface area contributed by atoms with Crippen LogP contribution in [0.3, 0.4) is 0 Å². The molecule has 2 heterocycles. The van der Waals surface area contributed by atoms with Crippen molar-refractivity contribution in [3.63, 3.8) is 0 Å². The minimum Gasteiger partial charge on any atom is -0.477 e. The lowest BCUT2D eigenvalue weighted by Crippen LogP contribution is -2.06. The van der Waals surface area contributed by atoms with E-state index >= 15 is 0 Å². The van der Waals surface area contributed by atoms with E-state index in [1.54, 1.807) is 24.1 Å². The van der Waals surface area contributed by atoms with Gasteiger partial charge in [0.1, 0.15) is 6.33 Å². The Morgan fingerprint density at radius 3 is 2.90 bits per heavy atom. The van der Waals surface area contributed by atoms with E-state index in [2.05, 4.69) is 20.4 Å². The number of fused-ring (bicyclic) bond motifs is 1. The Morgan fingerprint density at radius 2 is 2.19 bits per heavy atom. The Morgan fingerprint density at radius 1 is 1.38 bits per heavy atom. The van der Waals surface area contributed by atoms with Gasteiger partial charge in [-0.05, 0) is 12.1 Å². The number of hydrogen-bond acceptors (Lipinski definition) is 5. The van der Waals surface area contributed by atoms with Crippen molar-refractivity contribution in [2.24, 2.45) is 7.05 Å². The highest BCUT2D eigenvalue weighted by Gasteiger charge is 2.11. The average Bonchev–Trinajstić information content (AvgIpc) is 2.90. The molecule has 0 aliphatic rings. The maximum atomic E-state index is 11.2. The molecule has 21 heavy (non-hydrogen) atoms. The zero-order valence-electron chi connectivity index (χ0n) is 11.3. The van der Waals surface area contributed by atoms with E-state index in [9.17, 15) is 4.79 Å². The average molecular weight is 283 g/mol. The van der Waals surface area contributed by atoms with E-state index in [1.807, 2.05) is 18.2 Å². The Balaban J connectivity index is 1.97. The lowest BCUT2D eigenvalue weighted by atomic mass is 10.1. The number of para-hydroxylation sites is 1. The number of carbonyl (C=O) groups is 1. The third kappa shape index (κ3) is 2.66. The van der Waals surface area contributed by atoms with E-state index in [4.69, 9.17) is 5.11 Å². The maximum Gasteiger partial charge on any atom is 0.354 e. The second kappa shape index (κ2) is 5.20. The summed E-state index contributed by atoms with van der Waals surface area (Å²) in [5.74, 6) is -0.421. The number of anilines is 1. The van der Waals surface area contributed by atoms with Crippen molar-refractivity contribution >= 4 is 22.6 Å². The summed E-state index contributed by atoms with van der Waals surface area (Å²) in [5.41, 5.74) is 1.34. The van der Waals surface area contributed by atoms with Crippen LogP contribution in [0.5, 0.6) is 0 Å². The van der Waals surface area contributed by atoms with Gasteiger partial charge < -0.3 is 10.4 Å². The highest BCUT2D eigenvalue weighted by Crippen LogP contribution is 2.23. The van der Waals surface area contributed by atoms with E-state index in [0.717, 1.165) is 5.39 Å². The molecule has 7 nitrogen and oxygen atoms in total. The second-order valence-corrected chi connectivity index (χ2v) is 4.57. The van der Waals surface area contributed by atoms with Crippen molar-refractivity contribution in [1.29, 1.82) is 0 Å². The number of pyridine rings is 1. The maximum absolute atomic E-state index is 11.2. The standard InChI is InChI=1S/C14H13N5O2/c1-19-8-16-13(18-19)7-15-11-6-12(14(20)21)17-10-5-3-2-4-9(10)11/h2-6,8H,7H2,1H3,(H,15,17)(H,20,21). The fourth-order valence-corrected chi connectivity index (χ4v) is 2.07. The number of carboxylic acids is 1. The van der Waals surface area contributed by atoms with E-state index in [1.165, 1.54) is 6.07 Å². The van der Waals surface area contributed by atoms with Crippen LogP contribution in [0.2, 0.25) is 0 Å². The molecule has 106 valence electrons. The predicted octanol–water partition coefficient (Wildman–Crippen LogP) is 1.67. The predicted molar refractivity (Wildman–Crippen MR) is 77.0 cm³/mol. The molecule has 0 saturated heterocycles. The lowest BCUT2D eigenvalue weighted by Gasteiger charge is -2.09. The molecule has 2 aromatic heterocycles. The molecule has 3 aromatic rings. The number of aromatic carboxylic acids is 1. The highest BCUT2D eigenvalue weighted by molar-refractivity contribution is 5.97. The van der Waals surface area contributed by atoms with Crippen molar-refractivity contribution < 1.29 is 9.90 Å². The first-order valence-corrected chi connectivity index (χ1v) is 6.35. The Labute approximate surface area is 120 Å². The number of benzene rings is 1. The van der Waals surface area contributed by atoms with Crippen LogP contribution in [0.15, 0.2) is 36.7 Å². The first-order valence-electron chi connectivity index (χ1n) is 6.35. The summed E-state index contributed by atoms with van der Waals surface area (Å²) < 4.78 is 1.62.